The van der Waals surface area contributed by atoms with Crippen LogP contribution in [0.2, 0.25) is 0 Å². The molecule has 2 aliphatic heterocycles. The molecule has 36 heavy (non-hydrogen) atoms. The molecule has 0 bridgehead atoms. The van der Waals surface area contributed by atoms with Crippen molar-refractivity contribution in [1.82, 2.24) is 4.90 Å². The Bertz CT molecular complexity index is 872. The van der Waals surface area contributed by atoms with E-state index in [2.05, 4.69) is 0 Å². The van der Waals surface area contributed by atoms with Gasteiger partial charge in [-0.05, 0) is 44.1 Å². The molecule has 2 heterocycles. The molecule has 0 saturated carbocycles. The maximum Gasteiger partial charge on any atom is 0.331 e. The fourth-order valence-electron chi connectivity index (χ4n) is 4.74. The third kappa shape index (κ3) is 8.52. The number of cyclic esters (lactones) is 1. The summed E-state index contributed by atoms with van der Waals surface area (Å²) < 4.78 is 11.2. The fraction of sp³-hybridized carbons (Fsp3) is 0.643. The van der Waals surface area contributed by atoms with Crippen LogP contribution in [0.15, 0.2) is 36.0 Å². The van der Waals surface area contributed by atoms with E-state index in [1.165, 1.54) is 13.1 Å². The van der Waals surface area contributed by atoms with Gasteiger partial charge in [-0.3, -0.25) is 19.3 Å². The van der Waals surface area contributed by atoms with Gasteiger partial charge in [0.2, 0.25) is 11.8 Å². The zero-order chi connectivity index (χ0) is 26.8. The summed E-state index contributed by atoms with van der Waals surface area (Å²) in [7, 11) is 3.05. The lowest BCUT2D eigenvalue weighted by molar-refractivity contribution is -0.148. The van der Waals surface area contributed by atoms with Gasteiger partial charge < -0.3 is 14.6 Å². The summed E-state index contributed by atoms with van der Waals surface area (Å²) in [5, 5.41) is 10.8. The summed E-state index contributed by atoms with van der Waals surface area (Å²) in [6, 6.07) is 0. The molecule has 5 atom stereocenters. The Morgan fingerprint density at radius 1 is 1.19 bits per heavy atom. The Labute approximate surface area is 214 Å². The van der Waals surface area contributed by atoms with Gasteiger partial charge in [0.15, 0.2) is 0 Å². The summed E-state index contributed by atoms with van der Waals surface area (Å²) >= 11 is 0. The van der Waals surface area contributed by atoms with Crippen molar-refractivity contribution in [2.24, 2.45) is 17.8 Å². The first kappa shape index (κ1) is 29.6. The summed E-state index contributed by atoms with van der Waals surface area (Å²) in [5.74, 6) is -1.87. The first-order valence-electron chi connectivity index (χ1n) is 12.8. The highest BCUT2D eigenvalue weighted by atomic mass is 16.5. The minimum atomic E-state index is -0.804. The van der Waals surface area contributed by atoms with Crippen molar-refractivity contribution in [3.05, 3.63) is 36.0 Å². The molecule has 200 valence electrons. The molecule has 1 fully saturated rings. The average Bonchev–Trinajstić information content (AvgIpc) is 2.83. The highest BCUT2D eigenvalue weighted by Crippen LogP contribution is 2.27. The number of aliphatic hydroxyl groups is 1. The van der Waals surface area contributed by atoms with Crippen molar-refractivity contribution in [3.8, 4) is 0 Å². The standard InChI is InChI=1S/C28H41NO7/c1-18-15-19(2)28(36-26(33)14-9-7-6-8-13-23(35-5)27(18)34)20(3)22(30)12-10-11-21-16-24(31)29(4)25(32)17-21/h8-9,13-15,18,20-21,23,27-28,34H,6-7,10-12,16-17H2,1-5H3/b13-8+,14-9+,19-15-/t18-,20-,23-,27+,28?/m0/s1. The number of amides is 2. The molecule has 2 rings (SSSR count). The van der Waals surface area contributed by atoms with Crippen LogP contribution in [0.5, 0.6) is 0 Å². The van der Waals surface area contributed by atoms with E-state index in [9.17, 15) is 24.3 Å². The highest BCUT2D eigenvalue weighted by Gasteiger charge is 2.32. The minimum Gasteiger partial charge on any atom is -0.454 e. The van der Waals surface area contributed by atoms with Crippen LogP contribution in [0.1, 0.15) is 65.7 Å². The maximum atomic E-state index is 13.1. The third-order valence-corrected chi connectivity index (χ3v) is 7.12. The molecule has 1 saturated heterocycles. The number of hydrogen-bond acceptors (Lipinski definition) is 7. The third-order valence-electron chi connectivity index (χ3n) is 7.12. The Hall–Kier alpha value is -2.58. The summed E-state index contributed by atoms with van der Waals surface area (Å²) in [4.78, 5) is 50.6. The van der Waals surface area contributed by atoms with Crippen LogP contribution in [0.3, 0.4) is 0 Å². The number of rotatable bonds is 7. The number of methoxy groups -OCH3 is 1. The van der Waals surface area contributed by atoms with Crippen LogP contribution >= 0.6 is 0 Å². The van der Waals surface area contributed by atoms with Gasteiger partial charge in [0, 0.05) is 45.4 Å². The number of imide groups is 1. The monoisotopic (exact) mass is 503 g/mol. The molecule has 1 unspecified atom stereocenters. The van der Waals surface area contributed by atoms with E-state index in [1.807, 2.05) is 25.2 Å². The van der Waals surface area contributed by atoms with E-state index < -0.39 is 30.2 Å². The number of Topliss-reactive ketones (excluding diaryl/α,β-unsaturated/α-hetero) is 1. The van der Waals surface area contributed by atoms with Gasteiger partial charge in [-0.2, -0.15) is 0 Å². The van der Waals surface area contributed by atoms with Gasteiger partial charge in [0.25, 0.3) is 0 Å². The van der Waals surface area contributed by atoms with Crippen molar-refractivity contribution >= 4 is 23.6 Å². The largest absolute Gasteiger partial charge is 0.454 e. The predicted octanol–water partition coefficient (Wildman–Crippen LogP) is 3.53. The van der Waals surface area contributed by atoms with Gasteiger partial charge in [-0.25, -0.2) is 4.79 Å². The zero-order valence-electron chi connectivity index (χ0n) is 22.1. The molecule has 2 aliphatic rings. The summed E-state index contributed by atoms with van der Waals surface area (Å²) in [5.41, 5.74) is 0.687. The number of nitrogens with zero attached hydrogens (tertiary/aromatic N) is 1. The second-order valence-electron chi connectivity index (χ2n) is 9.99. The van der Waals surface area contributed by atoms with Crippen LogP contribution in [0.4, 0.5) is 0 Å². The molecule has 2 amide bonds. The molecular weight excluding hydrogens is 462 g/mol. The van der Waals surface area contributed by atoms with Crippen molar-refractivity contribution in [3.63, 3.8) is 0 Å². The van der Waals surface area contributed by atoms with E-state index in [4.69, 9.17) is 9.47 Å². The number of carbonyl (C=O) groups excluding carboxylic acids is 4. The molecule has 0 aromatic carbocycles. The summed E-state index contributed by atoms with van der Waals surface area (Å²) in [6.45, 7) is 5.40. The fourth-order valence-corrected chi connectivity index (χ4v) is 4.74. The molecule has 0 radical (unpaired) electrons. The average molecular weight is 504 g/mol. The maximum absolute atomic E-state index is 13.1. The second-order valence-corrected chi connectivity index (χ2v) is 9.99. The molecule has 0 aliphatic carbocycles. The number of allylic oxidation sites excluding steroid dienone is 2. The molecule has 0 spiro atoms. The van der Waals surface area contributed by atoms with Crippen LogP contribution in [-0.2, 0) is 28.7 Å². The molecule has 0 aromatic heterocycles. The quantitative estimate of drug-likeness (QED) is 0.321. The van der Waals surface area contributed by atoms with Gasteiger partial charge in [-0.15, -0.1) is 0 Å². The number of ketones is 1. The number of aliphatic hydroxyl groups excluding tert-OH is 1. The zero-order valence-corrected chi connectivity index (χ0v) is 22.1. The van der Waals surface area contributed by atoms with Gasteiger partial charge in [0.05, 0.1) is 12.0 Å². The van der Waals surface area contributed by atoms with Crippen molar-refractivity contribution in [2.75, 3.05) is 14.2 Å². The lowest BCUT2D eigenvalue weighted by Crippen LogP contribution is -2.40. The lowest BCUT2D eigenvalue weighted by atomic mass is 9.86. The van der Waals surface area contributed by atoms with Gasteiger partial charge in [-0.1, -0.05) is 38.2 Å². The number of esters is 1. The van der Waals surface area contributed by atoms with Gasteiger partial charge >= 0.3 is 5.97 Å². The number of likely N-dealkylation sites (tertiary alicyclic amines) is 1. The number of piperidine rings is 1. The normalized spacial score (nSPS) is 31.1. The topological polar surface area (TPSA) is 110 Å². The first-order valence-corrected chi connectivity index (χ1v) is 12.8. The van der Waals surface area contributed by atoms with E-state index in [1.54, 1.807) is 27.0 Å². The summed E-state index contributed by atoms with van der Waals surface area (Å²) in [6.07, 6.45) is 10.0. The first-order chi connectivity index (χ1) is 17.0. The van der Waals surface area contributed by atoms with E-state index in [0.717, 1.165) is 4.90 Å². The molecule has 1 N–H and O–H groups in total. The van der Waals surface area contributed by atoms with Crippen LogP contribution in [0.25, 0.3) is 0 Å². The van der Waals surface area contributed by atoms with Crippen LogP contribution in [-0.4, -0.2) is 66.0 Å². The second kappa shape index (κ2) is 14.2. The van der Waals surface area contributed by atoms with Crippen molar-refractivity contribution < 1.29 is 33.8 Å². The van der Waals surface area contributed by atoms with E-state index in [0.29, 0.717) is 44.1 Å². The highest BCUT2D eigenvalue weighted by molar-refractivity contribution is 5.97. The van der Waals surface area contributed by atoms with Crippen molar-refractivity contribution in [2.45, 2.75) is 84.0 Å². The number of hydrogen-bond donors (Lipinski definition) is 1. The molecule has 0 aromatic rings. The van der Waals surface area contributed by atoms with Gasteiger partial charge in [0.1, 0.15) is 18.0 Å². The Morgan fingerprint density at radius 2 is 1.83 bits per heavy atom. The Morgan fingerprint density at radius 3 is 2.47 bits per heavy atom. The molecule has 8 nitrogen and oxygen atoms in total. The number of ether oxygens (including phenoxy) is 2. The minimum absolute atomic E-state index is 0.0478. The smallest absolute Gasteiger partial charge is 0.331 e. The SMILES string of the molecule is CO[C@H]1/C=C/CC/C=C/C(=O)OC([C@@H](C)C(=O)CCCC2CC(=O)N(C)C(=O)C2)/C(C)=C\[C@H](C)[C@H]1O. The van der Waals surface area contributed by atoms with Crippen LogP contribution < -0.4 is 0 Å². The predicted molar refractivity (Wildman–Crippen MR) is 136 cm³/mol. The van der Waals surface area contributed by atoms with E-state index in [-0.39, 0.29) is 35.9 Å². The van der Waals surface area contributed by atoms with Crippen molar-refractivity contribution in [1.29, 1.82) is 0 Å². The Balaban J connectivity index is 2.11. The lowest BCUT2D eigenvalue weighted by Gasteiger charge is -2.28. The number of carbonyl (C=O) groups is 4. The molecule has 8 heteroatoms. The Kier molecular flexibility index (Phi) is 11.7. The van der Waals surface area contributed by atoms with Crippen LogP contribution in [0, 0.1) is 17.8 Å². The molecular formula is C28H41NO7. The van der Waals surface area contributed by atoms with E-state index >= 15 is 0 Å².